The zero-order valence-electron chi connectivity index (χ0n) is 13.1. The van der Waals surface area contributed by atoms with Crippen molar-refractivity contribution in [3.63, 3.8) is 0 Å². The Bertz CT molecular complexity index is 657. The summed E-state index contributed by atoms with van der Waals surface area (Å²) in [7, 11) is 0. The van der Waals surface area contributed by atoms with E-state index in [-0.39, 0.29) is 5.92 Å². The average molecular weight is 336 g/mol. The Morgan fingerprint density at radius 2 is 1.38 bits per heavy atom. The van der Waals surface area contributed by atoms with Crippen molar-refractivity contribution in [3.05, 3.63) is 59.7 Å². The summed E-state index contributed by atoms with van der Waals surface area (Å²) >= 11 is 0. The Morgan fingerprint density at radius 3 is 1.88 bits per heavy atom. The van der Waals surface area contributed by atoms with Crippen LogP contribution >= 0.6 is 0 Å². The summed E-state index contributed by atoms with van der Waals surface area (Å²) in [6.07, 6.45) is -3.18. The molecule has 0 aliphatic carbocycles. The molecular weight excluding hydrogens is 317 g/mol. The zero-order chi connectivity index (χ0) is 17.2. The Labute approximate surface area is 138 Å². The SMILES string of the molecule is OC(c1ccc(-c2ccc(C(F)(F)F)cc2)cc1)C1CCOCC1. The van der Waals surface area contributed by atoms with Gasteiger partial charge in [0.15, 0.2) is 0 Å². The van der Waals surface area contributed by atoms with Crippen molar-refractivity contribution >= 4 is 0 Å². The summed E-state index contributed by atoms with van der Waals surface area (Å²) in [5.74, 6) is 0.190. The van der Waals surface area contributed by atoms with Crippen LogP contribution in [0.3, 0.4) is 0 Å². The maximum Gasteiger partial charge on any atom is 0.416 e. The fourth-order valence-corrected chi connectivity index (χ4v) is 3.03. The first-order chi connectivity index (χ1) is 11.4. The summed E-state index contributed by atoms with van der Waals surface area (Å²) < 4.78 is 43.1. The van der Waals surface area contributed by atoms with Gasteiger partial charge >= 0.3 is 6.18 Å². The average Bonchev–Trinajstić information content (AvgIpc) is 2.61. The molecule has 0 bridgehead atoms. The highest BCUT2D eigenvalue weighted by Gasteiger charge is 2.30. The van der Waals surface area contributed by atoms with Gasteiger partial charge in [-0.2, -0.15) is 13.2 Å². The molecule has 0 spiro atoms. The molecule has 0 saturated carbocycles. The van der Waals surface area contributed by atoms with E-state index in [1.807, 2.05) is 24.3 Å². The van der Waals surface area contributed by atoms with Gasteiger partial charge in [0.05, 0.1) is 11.7 Å². The summed E-state index contributed by atoms with van der Waals surface area (Å²) in [6.45, 7) is 1.34. The quantitative estimate of drug-likeness (QED) is 0.870. The van der Waals surface area contributed by atoms with Crippen LogP contribution in [0.5, 0.6) is 0 Å². The van der Waals surface area contributed by atoms with Crippen LogP contribution in [0.2, 0.25) is 0 Å². The molecule has 1 atom stereocenters. The minimum Gasteiger partial charge on any atom is -0.388 e. The van der Waals surface area contributed by atoms with Gasteiger partial charge in [0, 0.05) is 13.2 Å². The van der Waals surface area contributed by atoms with Gasteiger partial charge < -0.3 is 9.84 Å². The maximum absolute atomic E-state index is 12.6. The van der Waals surface area contributed by atoms with E-state index in [1.165, 1.54) is 12.1 Å². The molecule has 2 aromatic rings. The monoisotopic (exact) mass is 336 g/mol. The van der Waals surface area contributed by atoms with E-state index in [9.17, 15) is 18.3 Å². The van der Waals surface area contributed by atoms with E-state index in [2.05, 4.69) is 0 Å². The Balaban J connectivity index is 1.74. The molecule has 0 amide bonds. The largest absolute Gasteiger partial charge is 0.416 e. The molecule has 1 N–H and O–H groups in total. The third-order valence-electron chi connectivity index (χ3n) is 4.51. The van der Waals surface area contributed by atoms with Crippen molar-refractivity contribution in [3.8, 4) is 11.1 Å². The lowest BCUT2D eigenvalue weighted by atomic mass is 9.89. The summed E-state index contributed by atoms with van der Waals surface area (Å²) in [5.41, 5.74) is 1.72. The first-order valence-corrected chi connectivity index (χ1v) is 7.98. The lowest BCUT2D eigenvalue weighted by Crippen LogP contribution is -2.21. The smallest absolute Gasteiger partial charge is 0.388 e. The van der Waals surface area contributed by atoms with E-state index in [1.54, 1.807) is 0 Å². The van der Waals surface area contributed by atoms with Gasteiger partial charge in [0.25, 0.3) is 0 Å². The molecule has 1 fully saturated rings. The molecule has 1 aliphatic rings. The third kappa shape index (κ3) is 3.79. The summed E-state index contributed by atoms with van der Waals surface area (Å²) in [5, 5.41) is 10.5. The van der Waals surface area contributed by atoms with Crippen LogP contribution in [0.25, 0.3) is 11.1 Å². The zero-order valence-corrected chi connectivity index (χ0v) is 13.1. The van der Waals surface area contributed by atoms with Gasteiger partial charge in [-0.25, -0.2) is 0 Å². The van der Waals surface area contributed by atoms with Crippen molar-refractivity contribution in [2.45, 2.75) is 25.1 Å². The van der Waals surface area contributed by atoms with Gasteiger partial charge in [-0.3, -0.25) is 0 Å². The fourth-order valence-electron chi connectivity index (χ4n) is 3.03. The molecule has 2 nitrogen and oxygen atoms in total. The van der Waals surface area contributed by atoms with Crippen molar-refractivity contribution in [2.24, 2.45) is 5.92 Å². The van der Waals surface area contributed by atoms with Gasteiger partial charge in [0.1, 0.15) is 0 Å². The first kappa shape index (κ1) is 17.0. The van der Waals surface area contributed by atoms with E-state index in [4.69, 9.17) is 4.74 Å². The Kier molecular flexibility index (Phi) is 4.92. The molecule has 1 aliphatic heterocycles. The predicted molar refractivity (Wildman–Crippen MR) is 85.4 cm³/mol. The molecule has 2 aromatic carbocycles. The number of halogens is 3. The fraction of sp³-hybridized carbons (Fsp3) is 0.368. The number of ether oxygens (including phenoxy) is 1. The van der Waals surface area contributed by atoms with Gasteiger partial charge in [-0.05, 0) is 47.6 Å². The summed E-state index contributed by atoms with van der Waals surface area (Å²) in [6, 6.07) is 12.4. The predicted octanol–water partition coefficient (Wildman–Crippen LogP) is 4.83. The second kappa shape index (κ2) is 6.95. The van der Waals surface area contributed by atoms with Crippen LogP contribution in [0.4, 0.5) is 13.2 Å². The number of alkyl halides is 3. The molecular formula is C19H19F3O2. The van der Waals surface area contributed by atoms with Gasteiger partial charge in [0.2, 0.25) is 0 Å². The molecule has 24 heavy (non-hydrogen) atoms. The van der Waals surface area contributed by atoms with E-state index < -0.39 is 17.8 Å². The van der Waals surface area contributed by atoms with Crippen LogP contribution in [-0.4, -0.2) is 18.3 Å². The molecule has 1 saturated heterocycles. The lowest BCUT2D eigenvalue weighted by Gasteiger charge is -2.27. The van der Waals surface area contributed by atoms with Crippen LogP contribution in [0.1, 0.15) is 30.1 Å². The van der Waals surface area contributed by atoms with E-state index in [0.717, 1.165) is 41.7 Å². The highest BCUT2D eigenvalue weighted by Crippen LogP contribution is 2.33. The number of hydrogen-bond donors (Lipinski definition) is 1. The topological polar surface area (TPSA) is 29.5 Å². The van der Waals surface area contributed by atoms with Crippen molar-refractivity contribution in [1.82, 2.24) is 0 Å². The van der Waals surface area contributed by atoms with Crippen LogP contribution < -0.4 is 0 Å². The number of hydrogen-bond acceptors (Lipinski definition) is 2. The minimum atomic E-state index is -4.32. The van der Waals surface area contributed by atoms with Crippen LogP contribution in [-0.2, 0) is 10.9 Å². The molecule has 3 rings (SSSR count). The highest BCUT2D eigenvalue weighted by atomic mass is 19.4. The Hall–Kier alpha value is -1.85. The molecule has 5 heteroatoms. The van der Waals surface area contributed by atoms with Crippen molar-refractivity contribution < 1.29 is 23.0 Å². The van der Waals surface area contributed by atoms with E-state index in [0.29, 0.717) is 13.2 Å². The van der Waals surface area contributed by atoms with Gasteiger partial charge in [-0.15, -0.1) is 0 Å². The number of aliphatic hydroxyl groups is 1. The van der Waals surface area contributed by atoms with E-state index >= 15 is 0 Å². The Morgan fingerprint density at radius 1 is 0.875 bits per heavy atom. The lowest BCUT2D eigenvalue weighted by molar-refractivity contribution is -0.137. The maximum atomic E-state index is 12.6. The second-order valence-electron chi connectivity index (χ2n) is 6.09. The number of benzene rings is 2. The summed E-state index contributed by atoms with van der Waals surface area (Å²) in [4.78, 5) is 0. The number of rotatable bonds is 3. The van der Waals surface area contributed by atoms with Crippen molar-refractivity contribution in [2.75, 3.05) is 13.2 Å². The molecule has 0 radical (unpaired) electrons. The van der Waals surface area contributed by atoms with Gasteiger partial charge in [-0.1, -0.05) is 36.4 Å². The first-order valence-electron chi connectivity index (χ1n) is 7.98. The molecule has 128 valence electrons. The molecule has 0 aromatic heterocycles. The number of aliphatic hydroxyl groups excluding tert-OH is 1. The van der Waals surface area contributed by atoms with Crippen molar-refractivity contribution in [1.29, 1.82) is 0 Å². The minimum absolute atomic E-state index is 0.190. The molecule has 1 unspecified atom stereocenters. The van der Waals surface area contributed by atoms with Crippen LogP contribution in [0.15, 0.2) is 48.5 Å². The second-order valence-corrected chi connectivity index (χ2v) is 6.09. The highest BCUT2D eigenvalue weighted by molar-refractivity contribution is 5.64. The normalized spacial score (nSPS) is 17.7. The standard InChI is InChI=1S/C19H19F3O2/c20-19(21,22)17-7-5-14(6-8-17)13-1-3-15(4-2-13)18(23)16-9-11-24-12-10-16/h1-8,16,18,23H,9-12H2. The molecule has 1 heterocycles. The van der Waals surface area contributed by atoms with Crippen LogP contribution in [0, 0.1) is 5.92 Å². The third-order valence-corrected chi connectivity index (χ3v) is 4.51.